The van der Waals surface area contributed by atoms with Crippen LogP contribution in [0.2, 0.25) is 0 Å². The second-order valence-corrected chi connectivity index (χ2v) is 2.77. The van der Waals surface area contributed by atoms with Crippen molar-refractivity contribution in [3.05, 3.63) is 0 Å². The third-order valence-electron chi connectivity index (χ3n) is 0.808. The van der Waals surface area contributed by atoms with Crippen LogP contribution in [0.3, 0.4) is 0 Å². The van der Waals surface area contributed by atoms with Crippen molar-refractivity contribution in [3.63, 3.8) is 0 Å². The first-order valence-electron chi connectivity index (χ1n) is 2.53. The molecule has 0 spiro atoms. The molecule has 0 aromatic rings. The summed E-state index contributed by atoms with van der Waals surface area (Å²) < 4.78 is 0.822. The molecule has 0 fully saturated rings. The molecule has 0 aromatic heterocycles. The van der Waals surface area contributed by atoms with E-state index >= 15 is 0 Å². The topological polar surface area (TPSA) is 63.4 Å². The summed E-state index contributed by atoms with van der Waals surface area (Å²) in [7, 11) is 0. The van der Waals surface area contributed by atoms with Crippen LogP contribution in [0.5, 0.6) is 0 Å². The number of hydrogen-bond donors (Lipinski definition) is 3. The lowest BCUT2D eigenvalue weighted by Gasteiger charge is -2.04. The fourth-order valence-electron chi connectivity index (χ4n) is 0.330. The summed E-state index contributed by atoms with van der Waals surface area (Å²) in [4.78, 5) is 20.7. The molecule has 6 heteroatoms. The summed E-state index contributed by atoms with van der Waals surface area (Å²) in [5.74, 6) is -0.845. The van der Waals surface area contributed by atoms with E-state index in [1.54, 1.807) is 0 Å². The zero-order valence-corrected chi connectivity index (χ0v) is 6.94. The maximum Gasteiger partial charge on any atom is 0.242 e. The number of amides is 2. The Morgan fingerprint density at radius 2 is 1.80 bits per heavy atom. The Labute approximate surface area is 69.8 Å². The van der Waals surface area contributed by atoms with Gasteiger partial charge in [0.15, 0.2) is 0 Å². The van der Waals surface area contributed by atoms with Gasteiger partial charge in [-0.25, -0.2) is 3.71 Å². The first kappa shape index (κ1) is 9.64. The summed E-state index contributed by atoms with van der Waals surface area (Å²) in [6.45, 7) is 0. The molecule has 2 amide bonds. The first-order chi connectivity index (χ1) is 4.54. The number of rotatable bonds is 3. The van der Waals surface area contributed by atoms with Crippen LogP contribution in [0, 0.1) is 0 Å². The van der Waals surface area contributed by atoms with E-state index in [0.29, 0.717) is 0 Å². The molecule has 0 unspecified atom stereocenters. The number of nitrogens with zero attached hydrogens (tertiary/aromatic N) is 1. The molecule has 2 N–H and O–H groups in total. The molecule has 0 bridgehead atoms. The van der Waals surface area contributed by atoms with Crippen molar-refractivity contribution in [2.45, 2.75) is 12.8 Å². The Balaban J connectivity index is 3.50. The molecule has 0 aliphatic heterocycles. The van der Waals surface area contributed by atoms with E-state index in [9.17, 15) is 9.59 Å². The second kappa shape index (κ2) is 4.45. The van der Waals surface area contributed by atoms with Crippen molar-refractivity contribution < 1.29 is 9.59 Å². The van der Waals surface area contributed by atoms with Crippen molar-refractivity contribution in [2.24, 2.45) is 5.73 Å². The first-order valence-corrected chi connectivity index (χ1v) is 3.33. The molecule has 10 heavy (non-hydrogen) atoms. The Kier molecular flexibility index (Phi) is 4.29. The van der Waals surface area contributed by atoms with E-state index in [2.05, 4.69) is 25.6 Å². The van der Waals surface area contributed by atoms with Crippen molar-refractivity contribution in [1.29, 1.82) is 0 Å². The Morgan fingerprint density at radius 1 is 1.30 bits per heavy atom. The maximum atomic E-state index is 10.6. The molecule has 0 aliphatic rings. The van der Waals surface area contributed by atoms with Crippen molar-refractivity contribution in [1.82, 2.24) is 3.71 Å². The molecule has 0 rings (SSSR count). The van der Waals surface area contributed by atoms with Crippen LogP contribution in [0.15, 0.2) is 0 Å². The van der Waals surface area contributed by atoms with Gasteiger partial charge in [-0.15, -0.1) is 0 Å². The fourth-order valence-corrected chi connectivity index (χ4v) is 0.530. The second-order valence-electron chi connectivity index (χ2n) is 1.65. The molecule has 0 heterocycles. The molecule has 4 nitrogen and oxygen atoms in total. The smallest absolute Gasteiger partial charge is 0.242 e. The largest absolute Gasteiger partial charge is 0.370 e. The highest BCUT2D eigenvalue weighted by molar-refractivity contribution is 7.94. The van der Waals surface area contributed by atoms with Crippen LogP contribution >= 0.6 is 25.6 Å². The van der Waals surface area contributed by atoms with E-state index in [1.165, 1.54) is 0 Å². The van der Waals surface area contributed by atoms with E-state index in [1.807, 2.05) is 0 Å². The number of carbonyl (C=O) groups is 2. The lowest BCUT2D eigenvalue weighted by atomic mass is 10.3. The van der Waals surface area contributed by atoms with Crippen LogP contribution < -0.4 is 5.73 Å². The molecule has 0 aromatic carbocycles. The molecule has 58 valence electrons. The third-order valence-corrected chi connectivity index (χ3v) is 1.25. The van der Waals surface area contributed by atoms with Gasteiger partial charge in [-0.05, 0) is 0 Å². The van der Waals surface area contributed by atoms with Crippen molar-refractivity contribution >= 4 is 37.4 Å². The van der Waals surface area contributed by atoms with E-state index in [-0.39, 0.29) is 18.7 Å². The van der Waals surface area contributed by atoms with Gasteiger partial charge in [0.2, 0.25) is 11.8 Å². The lowest BCUT2D eigenvalue weighted by molar-refractivity contribution is -0.126. The van der Waals surface area contributed by atoms with Crippen molar-refractivity contribution in [2.75, 3.05) is 0 Å². The average Bonchev–Trinajstić information content (AvgIpc) is 1.82. The van der Waals surface area contributed by atoms with Gasteiger partial charge in [-0.2, -0.15) is 0 Å². The van der Waals surface area contributed by atoms with Crippen LogP contribution in [-0.4, -0.2) is 15.5 Å². The van der Waals surface area contributed by atoms with Gasteiger partial charge in [0.1, 0.15) is 0 Å². The Bertz CT molecular complexity index is 148. The number of thiol groups is 2. The zero-order valence-electron chi connectivity index (χ0n) is 5.15. The summed E-state index contributed by atoms with van der Waals surface area (Å²) >= 11 is 7.18. The minimum Gasteiger partial charge on any atom is -0.370 e. The summed E-state index contributed by atoms with van der Waals surface area (Å²) in [6, 6.07) is 0. The molecular weight excluding hydrogens is 172 g/mol. The van der Waals surface area contributed by atoms with Crippen LogP contribution in [-0.2, 0) is 9.59 Å². The van der Waals surface area contributed by atoms with Crippen LogP contribution in [0.25, 0.3) is 0 Å². The molecule has 0 aliphatic carbocycles. The molecule has 0 saturated heterocycles. The molecular formula is C4H8N2O2S2. The average molecular weight is 180 g/mol. The normalized spacial score (nSPS) is 9.00. The standard InChI is InChI=1S/C4H8N2O2S2/c5-3(7)1-2-4(8)6(9)10/h9-10H,1-2H2,(H2,5,7). The van der Waals surface area contributed by atoms with Gasteiger partial charge in [0.05, 0.1) is 0 Å². The van der Waals surface area contributed by atoms with Crippen molar-refractivity contribution in [3.8, 4) is 0 Å². The van der Waals surface area contributed by atoms with Crippen LogP contribution in [0.4, 0.5) is 0 Å². The molecule has 0 saturated carbocycles. The van der Waals surface area contributed by atoms with Gasteiger partial charge < -0.3 is 5.73 Å². The van der Waals surface area contributed by atoms with E-state index in [4.69, 9.17) is 5.73 Å². The van der Waals surface area contributed by atoms with E-state index < -0.39 is 5.91 Å². The highest BCUT2D eigenvalue weighted by Gasteiger charge is 2.06. The minimum atomic E-state index is -0.503. The predicted molar refractivity (Wildman–Crippen MR) is 43.2 cm³/mol. The third kappa shape index (κ3) is 4.51. The number of carbonyl (C=O) groups excluding carboxylic acids is 2. The highest BCUT2D eigenvalue weighted by Crippen LogP contribution is 2.02. The van der Waals surface area contributed by atoms with E-state index in [0.717, 1.165) is 3.71 Å². The number of nitrogens with two attached hydrogens (primary N) is 1. The predicted octanol–water partition coefficient (Wildman–Crippen LogP) is -0.230. The fraction of sp³-hybridized carbons (Fsp3) is 0.500. The quantitative estimate of drug-likeness (QED) is 0.525. The highest BCUT2D eigenvalue weighted by atomic mass is 32.2. The monoisotopic (exact) mass is 180 g/mol. The maximum absolute atomic E-state index is 10.6. The number of primary amides is 1. The number of hydrogen-bond acceptors (Lipinski definition) is 4. The Hall–Kier alpha value is -0.360. The summed E-state index contributed by atoms with van der Waals surface area (Å²) in [5, 5.41) is 0. The minimum absolute atomic E-state index is 0.0381. The lowest BCUT2D eigenvalue weighted by Crippen LogP contribution is -2.16. The summed E-state index contributed by atoms with van der Waals surface area (Å²) in [6.07, 6.45) is 0.0960. The van der Waals surface area contributed by atoms with Gasteiger partial charge in [0.25, 0.3) is 0 Å². The van der Waals surface area contributed by atoms with Gasteiger partial charge in [0, 0.05) is 12.8 Å². The molecule has 0 atom stereocenters. The van der Waals surface area contributed by atoms with Gasteiger partial charge in [-0.1, -0.05) is 25.6 Å². The summed E-state index contributed by atoms with van der Waals surface area (Å²) in [5.41, 5.74) is 4.78. The SMILES string of the molecule is NC(=O)CCC(=O)N(S)S. The molecule has 0 radical (unpaired) electrons. The van der Waals surface area contributed by atoms with Gasteiger partial charge >= 0.3 is 0 Å². The zero-order chi connectivity index (χ0) is 8.15. The van der Waals surface area contributed by atoms with Gasteiger partial charge in [-0.3, -0.25) is 9.59 Å². The Morgan fingerprint density at radius 3 is 2.10 bits per heavy atom. The van der Waals surface area contributed by atoms with Crippen LogP contribution in [0.1, 0.15) is 12.8 Å².